The first-order valence-corrected chi connectivity index (χ1v) is 12.8. The van der Waals surface area contributed by atoms with Gasteiger partial charge in [0.2, 0.25) is 0 Å². The van der Waals surface area contributed by atoms with E-state index in [2.05, 4.69) is 26.0 Å². The molecule has 5 rings (SSSR count). The first kappa shape index (κ1) is 27.1. The maximum Gasteiger partial charge on any atom is 0.416 e. The summed E-state index contributed by atoms with van der Waals surface area (Å²) in [5.41, 5.74) is 0.581. The zero-order valence-corrected chi connectivity index (χ0v) is 22.6. The van der Waals surface area contributed by atoms with E-state index in [4.69, 9.17) is 9.47 Å². The lowest BCUT2D eigenvalue weighted by Crippen LogP contribution is -2.20. The third-order valence-corrected chi connectivity index (χ3v) is 6.59. The summed E-state index contributed by atoms with van der Waals surface area (Å²) in [5.74, 6) is 0.881. The van der Waals surface area contributed by atoms with Gasteiger partial charge in [-0.15, -0.1) is 0 Å². The number of benzene rings is 4. The highest BCUT2D eigenvalue weighted by atomic mass is 79.9. The van der Waals surface area contributed by atoms with Gasteiger partial charge >= 0.3 is 6.18 Å². The van der Waals surface area contributed by atoms with Gasteiger partial charge in [-0.1, -0.05) is 54.6 Å². The van der Waals surface area contributed by atoms with Crippen molar-refractivity contribution in [3.8, 4) is 22.9 Å². The van der Waals surface area contributed by atoms with Crippen molar-refractivity contribution < 1.29 is 22.6 Å². The van der Waals surface area contributed by atoms with E-state index in [1.165, 1.54) is 25.5 Å². The molecule has 0 N–H and O–H groups in total. The van der Waals surface area contributed by atoms with Gasteiger partial charge in [-0.05, 0) is 63.5 Å². The van der Waals surface area contributed by atoms with Crippen molar-refractivity contribution in [2.24, 2.45) is 5.10 Å². The molecule has 202 valence electrons. The molecule has 0 unspecified atom stereocenters. The number of hydrogen-bond donors (Lipinski definition) is 0. The summed E-state index contributed by atoms with van der Waals surface area (Å²) < 4.78 is 53.4. The predicted octanol–water partition coefficient (Wildman–Crippen LogP) is 7.31. The fraction of sp³-hybridized carbons (Fsp3) is 0.100. The smallest absolute Gasteiger partial charge is 0.416 e. The number of methoxy groups -OCH3 is 1. The Morgan fingerprint density at radius 3 is 2.48 bits per heavy atom. The zero-order chi connectivity index (χ0) is 28.3. The first-order valence-electron chi connectivity index (χ1n) is 12.0. The van der Waals surface area contributed by atoms with Crippen LogP contribution in [-0.4, -0.2) is 23.0 Å². The van der Waals surface area contributed by atoms with Gasteiger partial charge in [0.1, 0.15) is 6.61 Å². The normalized spacial score (nSPS) is 11.7. The number of hydrogen-bond acceptors (Lipinski definition) is 5. The third-order valence-electron chi connectivity index (χ3n) is 6.00. The van der Waals surface area contributed by atoms with Crippen LogP contribution in [0.15, 0.2) is 105 Å². The highest BCUT2D eigenvalue weighted by molar-refractivity contribution is 9.10. The number of aromatic nitrogens is 2. The maximum absolute atomic E-state index is 13.4. The molecule has 0 aliphatic heterocycles. The fourth-order valence-corrected chi connectivity index (χ4v) is 4.64. The van der Waals surface area contributed by atoms with Crippen LogP contribution in [0, 0.1) is 0 Å². The summed E-state index contributed by atoms with van der Waals surface area (Å²) in [6.07, 6.45) is -3.16. The van der Waals surface area contributed by atoms with Crippen molar-refractivity contribution in [1.29, 1.82) is 0 Å². The highest BCUT2D eigenvalue weighted by Crippen LogP contribution is 2.37. The van der Waals surface area contributed by atoms with E-state index < -0.39 is 17.3 Å². The molecular weight excluding hydrogens is 587 g/mol. The Bertz CT molecular complexity index is 1770. The Labute approximate surface area is 235 Å². The second-order valence-corrected chi connectivity index (χ2v) is 9.56. The van der Waals surface area contributed by atoms with Gasteiger partial charge in [0.05, 0.1) is 34.3 Å². The summed E-state index contributed by atoms with van der Waals surface area (Å²) in [6, 6.07) is 24.3. The molecule has 1 heterocycles. The van der Waals surface area contributed by atoms with E-state index >= 15 is 0 Å². The largest absolute Gasteiger partial charge is 0.493 e. The van der Waals surface area contributed by atoms with Crippen LogP contribution in [0.3, 0.4) is 0 Å². The standard InChI is InChI=1S/C30H21BrF3N3O3/c1-39-26-15-20(14-24(31)27(26)40-18-19-8-3-2-4-9-19)17-35-37-28(21-10-7-11-22(16-21)30(32,33)34)36-25-13-6-5-12-23(25)29(37)38/h2-17H,18H2,1H3. The molecule has 0 atom stereocenters. The van der Waals surface area contributed by atoms with Crippen molar-refractivity contribution in [2.45, 2.75) is 12.8 Å². The van der Waals surface area contributed by atoms with Gasteiger partial charge < -0.3 is 9.47 Å². The minimum absolute atomic E-state index is 0.0279. The SMILES string of the molecule is COc1cc(C=Nn2c(-c3cccc(C(F)(F)F)c3)nc3ccccc3c2=O)cc(Br)c1OCc1ccccc1. The molecule has 4 aromatic carbocycles. The number of fused-ring (bicyclic) bond motifs is 1. The molecule has 5 aromatic rings. The third kappa shape index (κ3) is 5.76. The van der Waals surface area contributed by atoms with Gasteiger partial charge in [-0.2, -0.15) is 22.9 Å². The van der Waals surface area contributed by atoms with Gasteiger partial charge in [0.25, 0.3) is 5.56 Å². The molecule has 0 aliphatic carbocycles. The second-order valence-electron chi connectivity index (χ2n) is 8.70. The average Bonchev–Trinajstić information content (AvgIpc) is 2.96. The maximum atomic E-state index is 13.4. The van der Waals surface area contributed by atoms with Crippen LogP contribution >= 0.6 is 15.9 Å². The lowest BCUT2D eigenvalue weighted by Gasteiger charge is -2.14. The molecule has 0 bridgehead atoms. The van der Waals surface area contributed by atoms with Crippen LogP contribution in [0.5, 0.6) is 11.5 Å². The van der Waals surface area contributed by atoms with Crippen molar-refractivity contribution in [3.05, 3.63) is 123 Å². The molecule has 0 aliphatic rings. The number of alkyl halides is 3. The number of halogens is 4. The van der Waals surface area contributed by atoms with Crippen LogP contribution in [-0.2, 0) is 12.8 Å². The summed E-state index contributed by atoms with van der Waals surface area (Å²) >= 11 is 3.51. The quantitative estimate of drug-likeness (QED) is 0.182. The highest BCUT2D eigenvalue weighted by Gasteiger charge is 2.31. The van der Waals surface area contributed by atoms with Gasteiger partial charge in [0.15, 0.2) is 17.3 Å². The number of ether oxygens (including phenoxy) is 2. The molecule has 6 nitrogen and oxygen atoms in total. The Balaban J connectivity index is 1.56. The Hall–Kier alpha value is -4.44. The number of rotatable bonds is 7. The predicted molar refractivity (Wildman–Crippen MR) is 151 cm³/mol. The molecule has 0 radical (unpaired) electrons. The summed E-state index contributed by atoms with van der Waals surface area (Å²) in [4.78, 5) is 17.9. The Morgan fingerprint density at radius 2 is 1.73 bits per heavy atom. The lowest BCUT2D eigenvalue weighted by atomic mass is 10.1. The molecular formula is C30H21BrF3N3O3. The molecule has 0 fully saturated rings. The second kappa shape index (κ2) is 11.4. The summed E-state index contributed by atoms with van der Waals surface area (Å²) in [5, 5.41) is 4.63. The van der Waals surface area contributed by atoms with Gasteiger partial charge in [-0.3, -0.25) is 4.79 Å². The molecule has 0 amide bonds. The minimum atomic E-state index is -4.56. The van der Waals surface area contributed by atoms with Crippen molar-refractivity contribution in [2.75, 3.05) is 7.11 Å². The van der Waals surface area contributed by atoms with Crippen molar-refractivity contribution >= 4 is 33.0 Å². The molecule has 10 heteroatoms. The minimum Gasteiger partial charge on any atom is -0.493 e. The molecule has 40 heavy (non-hydrogen) atoms. The lowest BCUT2D eigenvalue weighted by molar-refractivity contribution is -0.137. The van der Waals surface area contributed by atoms with Crippen LogP contribution < -0.4 is 15.0 Å². The fourth-order valence-electron chi connectivity index (χ4n) is 4.06. The van der Waals surface area contributed by atoms with E-state index in [1.54, 1.807) is 36.4 Å². The molecule has 0 spiro atoms. The van der Waals surface area contributed by atoms with E-state index in [0.29, 0.717) is 33.7 Å². The monoisotopic (exact) mass is 607 g/mol. The topological polar surface area (TPSA) is 65.7 Å². The molecule has 0 saturated heterocycles. The van der Waals surface area contributed by atoms with Crippen molar-refractivity contribution in [3.63, 3.8) is 0 Å². The van der Waals surface area contributed by atoms with Gasteiger partial charge in [0, 0.05) is 5.56 Å². The van der Waals surface area contributed by atoms with Crippen LogP contribution in [0.25, 0.3) is 22.3 Å². The first-order chi connectivity index (χ1) is 19.2. The molecule has 1 aromatic heterocycles. The Morgan fingerprint density at radius 1 is 0.975 bits per heavy atom. The van der Waals surface area contributed by atoms with Gasteiger partial charge in [-0.25, -0.2) is 4.98 Å². The van der Waals surface area contributed by atoms with E-state index in [1.807, 2.05) is 30.3 Å². The average molecular weight is 608 g/mol. The zero-order valence-electron chi connectivity index (χ0n) is 21.0. The van der Waals surface area contributed by atoms with Crippen LogP contribution in [0.2, 0.25) is 0 Å². The summed E-state index contributed by atoms with van der Waals surface area (Å²) in [7, 11) is 1.50. The van der Waals surface area contributed by atoms with Crippen LogP contribution in [0.1, 0.15) is 16.7 Å². The molecule has 0 saturated carbocycles. The van der Waals surface area contributed by atoms with E-state index in [9.17, 15) is 18.0 Å². The van der Waals surface area contributed by atoms with Crippen LogP contribution in [0.4, 0.5) is 13.2 Å². The number of para-hydroxylation sites is 1. The van der Waals surface area contributed by atoms with E-state index in [-0.39, 0.29) is 16.8 Å². The van der Waals surface area contributed by atoms with Crippen molar-refractivity contribution in [1.82, 2.24) is 9.66 Å². The van der Waals surface area contributed by atoms with E-state index in [0.717, 1.165) is 22.4 Å². The summed E-state index contributed by atoms with van der Waals surface area (Å²) in [6.45, 7) is 0.321. The Kier molecular flexibility index (Phi) is 7.70. The number of nitrogens with zero attached hydrogens (tertiary/aromatic N) is 3.